The molecule has 2 aliphatic carbocycles. The van der Waals surface area contributed by atoms with Gasteiger partial charge in [-0.15, -0.1) is 0 Å². The van der Waals surface area contributed by atoms with Crippen molar-refractivity contribution in [3.05, 3.63) is 29.3 Å². The number of methoxy groups -OCH3 is 1. The van der Waals surface area contributed by atoms with Crippen LogP contribution in [0.15, 0.2) is 18.2 Å². The van der Waals surface area contributed by atoms with E-state index in [-0.39, 0.29) is 5.41 Å². The third kappa shape index (κ3) is 2.79. The lowest BCUT2D eigenvalue weighted by atomic mass is 9.70. The Bertz CT molecular complexity index is 554. The van der Waals surface area contributed by atoms with Crippen LogP contribution in [0.25, 0.3) is 0 Å². The van der Waals surface area contributed by atoms with Crippen LogP contribution in [0.3, 0.4) is 0 Å². The van der Waals surface area contributed by atoms with E-state index in [1.165, 1.54) is 5.56 Å². The number of ether oxygens (including phenoxy) is 2. The van der Waals surface area contributed by atoms with E-state index in [9.17, 15) is 4.79 Å². The van der Waals surface area contributed by atoms with Gasteiger partial charge in [0.05, 0.1) is 12.7 Å². The van der Waals surface area contributed by atoms with Crippen LogP contribution >= 0.6 is 0 Å². The summed E-state index contributed by atoms with van der Waals surface area (Å²) in [6.45, 7) is 4.94. The maximum atomic E-state index is 13.0. The maximum absolute atomic E-state index is 13.0. The summed E-state index contributed by atoms with van der Waals surface area (Å²) < 4.78 is 11.2. The number of hydrogen-bond acceptors (Lipinski definition) is 3. The SMILES string of the molecule is CO[C@H]1CC[C@]2(CC1)Cc1ccc(OCC(C)C)cc1C2=O. The Balaban J connectivity index is 1.76. The number of fused-ring (bicyclic) bond motifs is 1. The molecule has 1 saturated carbocycles. The number of hydrogen-bond donors (Lipinski definition) is 0. The average Bonchev–Trinajstić information content (AvgIpc) is 2.79. The van der Waals surface area contributed by atoms with Gasteiger partial charge in [-0.1, -0.05) is 19.9 Å². The first-order valence-corrected chi connectivity index (χ1v) is 8.37. The zero-order valence-electron chi connectivity index (χ0n) is 13.9. The van der Waals surface area contributed by atoms with Crippen LogP contribution in [-0.4, -0.2) is 25.6 Å². The highest BCUT2D eigenvalue weighted by Gasteiger charge is 2.47. The van der Waals surface area contributed by atoms with Crippen molar-refractivity contribution in [2.75, 3.05) is 13.7 Å². The Morgan fingerprint density at radius 3 is 2.64 bits per heavy atom. The van der Waals surface area contributed by atoms with Crippen LogP contribution in [0.5, 0.6) is 5.75 Å². The third-order valence-electron chi connectivity index (χ3n) is 5.14. The molecular weight excluding hydrogens is 276 g/mol. The van der Waals surface area contributed by atoms with Crippen molar-refractivity contribution in [3.63, 3.8) is 0 Å². The molecule has 1 aromatic carbocycles. The Morgan fingerprint density at radius 2 is 2.00 bits per heavy atom. The number of ketones is 1. The van der Waals surface area contributed by atoms with Crippen LogP contribution in [0.4, 0.5) is 0 Å². The first kappa shape index (κ1) is 15.5. The molecule has 0 amide bonds. The van der Waals surface area contributed by atoms with Crippen LogP contribution in [0.2, 0.25) is 0 Å². The number of rotatable bonds is 4. The fourth-order valence-corrected chi connectivity index (χ4v) is 3.79. The van der Waals surface area contributed by atoms with Crippen molar-refractivity contribution in [2.24, 2.45) is 11.3 Å². The van der Waals surface area contributed by atoms with Crippen molar-refractivity contribution in [1.29, 1.82) is 0 Å². The molecule has 1 fully saturated rings. The zero-order chi connectivity index (χ0) is 15.7. The minimum Gasteiger partial charge on any atom is -0.493 e. The van der Waals surface area contributed by atoms with Crippen molar-refractivity contribution in [2.45, 2.75) is 52.1 Å². The molecule has 0 aliphatic heterocycles. The second kappa shape index (κ2) is 6.04. The van der Waals surface area contributed by atoms with Gasteiger partial charge in [0.2, 0.25) is 0 Å². The van der Waals surface area contributed by atoms with Crippen LogP contribution in [0, 0.1) is 11.3 Å². The van der Waals surface area contributed by atoms with Crippen LogP contribution < -0.4 is 4.74 Å². The molecule has 0 aromatic heterocycles. The minimum absolute atomic E-state index is 0.173. The quantitative estimate of drug-likeness (QED) is 0.842. The van der Waals surface area contributed by atoms with E-state index < -0.39 is 0 Å². The largest absolute Gasteiger partial charge is 0.493 e. The second-order valence-electron chi connectivity index (χ2n) is 7.25. The summed E-state index contributed by atoms with van der Waals surface area (Å²) in [6.07, 6.45) is 5.09. The van der Waals surface area contributed by atoms with Gasteiger partial charge in [0.1, 0.15) is 5.75 Å². The Labute approximate surface area is 133 Å². The first-order chi connectivity index (χ1) is 10.5. The van der Waals surface area contributed by atoms with Crippen molar-refractivity contribution < 1.29 is 14.3 Å². The summed E-state index contributed by atoms with van der Waals surface area (Å²) >= 11 is 0. The fourth-order valence-electron chi connectivity index (χ4n) is 3.79. The molecule has 0 unspecified atom stereocenters. The predicted octanol–water partition coefficient (Wildman–Crippen LogP) is 4.04. The van der Waals surface area contributed by atoms with Gasteiger partial charge in [-0.2, -0.15) is 0 Å². The van der Waals surface area contributed by atoms with Crippen LogP contribution in [0.1, 0.15) is 55.5 Å². The van der Waals surface area contributed by atoms with Crippen LogP contribution in [-0.2, 0) is 11.2 Å². The van der Waals surface area contributed by atoms with Gasteiger partial charge in [-0.05, 0) is 55.7 Å². The van der Waals surface area contributed by atoms with E-state index in [4.69, 9.17) is 9.47 Å². The van der Waals surface area contributed by atoms with E-state index in [1.54, 1.807) is 7.11 Å². The fraction of sp³-hybridized carbons (Fsp3) is 0.632. The van der Waals surface area contributed by atoms with Gasteiger partial charge in [0, 0.05) is 18.1 Å². The highest BCUT2D eigenvalue weighted by molar-refractivity contribution is 6.05. The minimum atomic E-state index is -0.173. The van der Waals surface area contributed by atoms with E-state index >= 15 is 0 Å². The molecule has 0 atom stereocenters. The van der Waals surface area contributed by atoms with Gasteiger partial charge in [-0.25, -0.2) is 0 Å². The summed E-state index contributed by atoms with van der Waals surface area (Å²) in [7, 11) is 1.77. The number of benzene rings is 1. The Morgan fingerprint density at radius 1 is 1.27 bits per heavy atom. The zero-order valence-corrected chi connectivity index (χ0v) is 13.9. The number of carbonyl (C=O) groups is 1. The van der Waals surface area contributed by atoms with E-state index in [1.807, 2.05) is 12.1 Å². The molecule has 22 heavy (non-hydrogen) atoms. The molecule has 0 radical (unpaired) electrons. The standard InChI is InChI=1S/C19H26O3/c1-13(2)12-22-16-5-4-14-11-19(18(20)17(14)10-16)8-6-15(21-3)7-9-19/h4-5,10,13,15H,6-9,11-12H2,1-3H3/t15-,19-. The first-order valence-electron chi connectivity index (χ1n) is 8.37. The summed E-state index contributed by atoms with van der Waals surface area (Å²) in [4.78, 5) is 13.0. The molecule has 0 N–H and O–H groups in total. The lowest BCUT2D eigenvalue weighted by Gasteiger charge is -2.35. The van der Waals surface area contributed by atoms with Crippen molar-refractivity contribution >= 4 is 5.78 Å². The molecule has 0 saturated heterocycles. The van der Waals surface area contributed by atoms with Gasteiger partial charge in [-0.3, -0.25) is 4.79 Å². The topological polar surface area (TPSA) is 35.5 Å². The van der Waals surface area contributed by atoms with Gasteiger partial charge in [0.25, 0.3) is 0 Å². The molecule has 2 aliphatic rings. The average molecular weight is 302 g/mol. The van der Waals surface area contributed by atoms with E-state index in [2.05, 4.69) is 19.9 Å². The van der Waals surface area contributed by atoms with Crippen molar-refractivity contribution in [1.82, 2.24) is 0 Å². The third-order valence-corrected chi connectivity index (χ3v) is 5.14. The van der Waals surface area contributed by atoms with Gasteiger partial charge >= 0.3 is 0 Å². The normalized spacial score (nSPS) is 27.5. The number of carbonyl (C=O) groups excluding carboxylic acids is 1. The highest BCUT2D eigenvalue weighted by atomic mass is 16.5. The second-order valence-corrected chi connectivity index (χ2v) is 7.25. The number of Topliss-reactive ketones (excluding diaryl/α,β-unsaturated/α-hetero) is 1. The molecule has 0 bridgehead atoms. The predicted molar refractivity (Wildman–Crippen MR) is 86.5 cm³/mol. The lowest BCUT2D eigenvalue weighted by Crippen LogP contribution is -2.35. The highest BCUT2D eigenvalue weighted by Crippen LogP contribution is 2.48. The monoisotopic (exact) mass is 302 g/mol. The van der Waals surface area contributed by atoms with Gasteiger partial charge < -0.3 is 9.47 Å². The summed E-state index contributed by atoms with van der Waals surface area (Å²) in [5.74, 6) is 1.63. The summed E-state index contributed by atoms with van der Waals surface area (Å²) in [5, 5.41) is 0. The lowest BCUT2D eigenvalue weighted by molar-refractivity contribution is 0.0285. The molecule has 1 spiro atoms. The molecular formula is C19H26O3. The molecule has 3 heteroatoms. The Hall–Kier alpha value is -1.35. The molecule has 120 valence electrons. The molecule has 3 nitrogen and oxygen atoms in total. The smallest absolute Gasteiger partial charge is 0.169 e. The molecule has 1 aromatic rings. The van der Waals surface area contributed by atoms with Gasteiger partial charge in [0.15, 0.2) is 5.78 Å². The van der Waals surface area contributed by atoms with E-state index in [0.717, 1.165) is 43.4 Å². The summed E-state index contributed by atoms with van der Waals surface area (Å²) in [5.41, 5.74) is 1.91. The Kier molecular flexibility index (Phi) is 4.26. The van der Waals surface area contributed by atoms with Crippen molar-refractivity contribution in [3.8, 4) is 5.75 Å². The maximum Gasteiger partial charge on any atom is 0.169 e. The molecule has 0 heterocycles. The summed E-state index contributed by atoms with van der Waals surface area (Å²) in [6, 6.07) is 6.05. The van der Waals surface area contributed by atoms with E-state index in [0.29, 0.717) is 24.4 Å². The molecule has 3 rings (SSSR count).